The molecule has 7 nitrogen and oxygen atoms in total. The number of fused-ring (bicyclic) bond motifs is 1. The average Bonchev–Trinajstić information content (AvgIpc) is 3.31. The van der Waals surface area contributed by atoms with Crippen LogP contribution in [0, 0.1) is 5.82 Å². The normalized spacial score (nSPS) is 15.6. The van der Waals surface area contributed by atoms with E-state index in [1.54, 1.807) is 44.2 Å². The molecular weight excluding hydrogens is 563 g/mol. The Morgan fingerprint density at radius 1 is 1.28 bits per heavy atom. The molecule has 1 aromatic heterocycles. The van der Waals surface area contributed by atoms with Crippen LogP contribution in [0.4, 0.5) is 10.1 Å². The van der Waals surface area contributed by atoms with Gasteiger partial charge in [0.25, 0.3) is 10.0 Å². The average molecular weight is 593 g/mol. The molecule has 0 spiro atoms. The number of ketones is 1. The summed E-state index contributed by atoms with van der Waals surface area (Å²) in [5, 5.41) is 1.03. The van der Waals surface area contributed by atoms with Crippen molar-refractivity contribution in [2.24, 2.45) is 0 Å². The second-order valence-corrected chi connectivity index (χ2v) is 12.4. The quantitative estimate of drug-likeness (QED) is 0.241. The molecule has 0 bridgehead atoms. The molecule has 0 amide bonds. The summed E-state index contributed by atoms with van der Waals surface area (Å²) in [7, 11) is -4.16. The van der Waals surface area contributed by atoms with Crippen molar-refractivity contribution in [3.05, 3.63) is 63.4 Å². The first kappa shape index (κ1) is 29.0. The summed E-state index contributed by atoms with van der Waals surface area (Å²) in [6, 6.07) is 9.61. The van der Waals surface area contributed by atoms with Crippen molar-refractivity contribution in [2.45, 2.75) is 58.1 Å². The molecule has 1 aliphatic rings. The number of aromatic nitrogens is 1. The Bertz CT molecular complexity index is 1500. The Morgan fingerprint density at radius 2 is 2.05 bits per heavy atom. The van der Waals surface area contributed by atoms with Crippen molar-refractivity contribution in [2.75, 3.05) is 17.5 Å². The van der Waals surface area contributed by atoms with Crippen molar-refractivity contribution in [1.29, 1.82) is 0 Å². The van der Waals surface area contributed by atoms with E-state index in [4.69, 9.17) is 21.1 Å². The molecule has 1 atom stereocenters. The van der Waals surface area contributed by atoms with E-state index in [0.717, 1.165) is 0 Å². The number of halogens is 2. The minimum absolute atomic E-state index is 0.00153. The summed E-state index contributed by atoms with van der Waals surface area (Å²) in [5.41, 5.74) is 1.81. The Balaban J connectivity index is 1.81. The number of carbonyl (C=O) groups is 1. The molecule has 11 heteroatoms. The molecule has 0 N–H and O–H groups in total. The molecule has 0 saturated heterocycles. The summed E-state index contributed by atoms with van der Waals surface area (Å²) in [6.45, 7) is 7.20. The van der Waals surface area contributed by atoms with Crippen LogP contribution < -0.4 is 13.8 Å². The van der Waals surface area contributed by atoms with E-state index in [1.165, 1.54) is 34.7 Å². The fourth-order valence-corrected chi connectivity index (χ4v) is 7.41. The van der Waals surface area contributed by atoms with Gasteiger partial charge in [-0.15, -0.1) is 0 Å². The van der Waals surface area contributed by atoms with Gasteiger partial charge in [0.2, 0.25) is 10.1 Å². The number of nitrogens with zero attached hydrogens (tertiary/aromatic N) is 2. The number of ether oxygens (including phenoxy) is 2. The maximum atomic E-state index is 14.5. The van der Waals surface area contributed by atoms with Crippen molar-refractivity contribution in [3.8, 4) is 10.8 Å². The maximum Gasteiger partial charge on any atom is 0.286 e. The van der Waals surface area contributed by atoms with Gasteiger partial charge in [-0.3, -0.25) is 4.31 Å². The monoisotopic (exact) mass is 592 g/mol. The van der Waals surface area contributed by atoms with Crippen molar-refractivity contribution in [1.82, 2.24) is 4.98 Å². The number of benzene rings is 2. The van der Waals surface area contributed by atoms with Crippen LogP contribution in [0.3, 0.4) is 0 Å². The topological polar surface area (TPSA) is 85.8 Å². The predicted octanol–water partition coefficient (Wildman–Crippen LogP) is 6.78. The highest BCUT2D eigenvalue weighted by Crippen LogP contribution is 2.42. The van der Waals surface area contributed by atoms with Gasteiger partial charge in [0.05, 0.1) is 28.9 Å². The summed E-state index contributed by atoms with van der Waals surface area (Å²) in [5.74, 6) is -0.0953. The third kappa shape index (κ3) is 6.28. The van der Waals surface area contributed by atoms with Gasteiger partial charge in [0.15, 0.2) is 0 Å². The van der Waals surface area contributed by atoms with Crippen LogP contribution in [0.25, 0.3) is 11.6 Å². The smallest absolute Gasteiger partial charge is 0.286 e. The molecule has 1 aliphatic heterocycles. The number of hydrogen-bond donors (Lipinski definition) is 0. The highest BCUT2D eigenvalue weighted by atomic mass is 35.5. The third-order valence-electron chi connectivity index (χ3n) is 6.20. The zero-order chi connectivity index (χ0) is 28.3. The SMILES string of the molecule is CCOc1sc(CC)nc1S(=O)(=O)N1CC(CCC(C)=O)Oc2ccc(C=C(C)c3c(F)cccc3Cl)cc21. The summed E-state index contributed by atoms with van der Waals surface area (Å²) in [4.78, 5) is 16.0. The number of allylic oxidation sites excluding steroid dienone is 1. The lowest BCUT2D eigenvalue weighted by atomic mass is 10.0. The lowest BCUT2D eigenvalue weighted by Gasteiger charge is -2.35. The molecule has 0 radical (unpaired) electrons. The van der Waals surface area contributed by atoms with Gasteiger partial charge >= 0.3 is 0 Å². The number of anilines is 1. The van der Waals surface area contributed by atoms with E-state index in [2.05, 4.69) is 4.98 Å². The van der Waals surface area contributed by atoms with E-state index < -0.39 is 21.9 Å². The number of hydrogen-bond acceptors (Lipinski definition) is 7. The minimum Gasteiger partial charge on any atom is -0.486 e. The molecule has 0 saturated carbocycles. The number of carbonyl (C=O) groups excluding carboxylic acids is 1. The Hall–Kier alpha value is -2.95. The first-order valence-corrected chi connectivity index (χ1v) is 15.3. The van der Waals surface area contributed by atoms with Crippen LogP contribution in [0.5, 0.6) is 10.8 Å². The Morgan fingerprint density at radius 3 is 2.72 bits per heavy atom. The fraction of sp³-hybridized carbons (Fsp3) is 0.357. The van der Waals surface area contributed by atoms with Gasteiger partial charge in [-0.25, -0.2) is 9.37 Å². The highest BCUT2D eigenvalue weighted by Gasteiger charge is 2.38. The number of sulfonamides is 1. The molecule has 1 unspecified atom stereocenters. The van der Waals surface area contributed by atoms with Crippen LogP contribution in [-0.2, 0) is 21.2 Å². The summed E-state index contributed by atoms with van der Waals surface area (Å²) >= 11 is 7.46. The minimum atomic E-state index is -4.16. The second-order valence-electron chi connectivity index (χ2n) is 9.15. The van der Waals surface area contributed by atoms with E-state index in [-0.39, 0.29) is 39.4 Å². The zero-order valence-corrected chi connectivity index (χ0v) is 24.6. The molecule has 3 aromatic rings. The second kappa shape index (κ2) is 12.1. The number of thiazole rings is 1. The van der Waals surface area contributed by atoms with Gasteiger partial charge in [0, 0.05) is 12.0 Å². The molecular formula is C28H30ClFN2O5S2. The van der Waals surface area contributed by atoms with Crippen LogP contribution in [0.15, 0.2) is 41.4 Å². The Labute approximate surface area is 237 Å². The molecule has 39 heavy (non-hydrogen) atoms. The van der Waals surface area contributed by atoms with Crippen LogP contribution in [0.1, 0.15) is 56.7 Å². The number of rotatable bonds is 10. The first-order chi connectivity index (χ1) is 18.5. The van der Waals surface area contributed by atoms with Gasteiger partial charge in [-0.05, 0) is 69.0 Å². The zero-order valence-electron chi connectivity index (χ0n) is 22.2. The van der Waals surface area contributed by atoms with Crippen molar-refractivity contribution in [3.63, 3.8) is 0 Å². The lowest BCUT2D eigenvalue weighted by molar-refractivity contribution is -0.117. The predicted molar refractivity (Wildman–Crippen MR) is 153 cm³/mol. The molecule has 0 fully saturated rings. The Kier molecular flexibility index (Phi) is 8.98. The van der Waals surface area contributed by atoms with Gasteiger partial charge in [0.1, 0.15) is 23.5 Å². The highest BCUT2D eigenvalue weighted by molar-refractivity contribution is 7.93. The first-order valence-electron chi connectivity index (χ1n) is 12.6. The number of Topliss-reactive ketones (excluding diaryl/α,β-unsaturated/α-hetero) is 1. The lowest BCUT2D eigenvalue weighted by Crippen LogP contribution is -2.44. The van der Waals surface area contributed by atoms with E-state index in [1.807, 2.05) is 6.92 Å². The summed E-state index contributed by atoms with van der Waals surface area (Å²) in [6.07, 6.45) is 2.40. The molecule has 208 valence electrons. The van der Waals surface area contributed by atoms with Crippen LogP contribution in [-0.4, -0.2) is 38.4 Å². The standard InChI is InChI=1S/C28H30ClFN2O5S2/c1-5-25-31-27(28(38-25)36-6-2)39(34,35)32-16-20(12-10-18(4)33)37-24-13-11-19(15-23(24)32)14-17(3)26-21(29)8-7-9-22(26)30/h7-9,11,13-15,20H,5-6,10,12,16H2,1-4H3. The molecule has 2 heterocycles. The molecule has 4 rings (SSSR count). The van der Waals surface area contributed by atoms with Gasteiger partial charge in [-0.2, -0.15) is 8.42 Å². The molecule has 2 aromatic carbocycles. The molecule has 0 aliphatic carbocycles. The van der Waals surface area contributed by atoms with Gasteiger partial charge < -0.3 is 14.3 Å². The fourth-order valence-electron chi connectivity index (χ4n) is 4.33. The maximum absolute atomic E-state index is 14.5. The van der Waals surface area contributed by atoms with Crippen LogP contribution in [0.2, 0.25) is 5.02 Å². The summed E-state index contributed by atoms with van der Waals surface area (Å²) < 4.78 is 55.7. The van der Waals surface area contributed by atoms with E-state index in [9.17, 15) is 17.6 Å². The largest absolute Gasteiger partial charge is 0.486 e. The van der Waals surface area contributed by atoms with E-state index >= 15 is 0 Å². The van der Waals surface area contributed by atoms with E-state index in [0.29, 0.717) is 47.0 Å². The van der Waals surface area contributed by atoms with Crippen molar-refractivity contribution < 1.29 is 27.1 Å². The van der Waals surface area contributed by atoms with Crippen molar-refractivity contribution >= 4 is 56.1 Å². The van der Waals surface area contributed by atoms with Crippen LogP contribution >= 0.6 is 22.9 Å². The van der Waals surface area contributed by atoms with Gasteiger partial charge in [-0.1, -0.05) is 48.1 Å². The number of aryl methyl sites for hydroxylation is 1. The third-order valence-corrected chi connectivity index (χ3v) is 9.44.